The molecule has 3 aromatic rings. The van der Waals surface area contributed by atoms with Crippen molar-refractivity contribution in [1.82, 2.24) is 5.01 Å². The molecule has 3 heterocycles. The van der Waals surface area contributed by atoms with Crippen LogP contribution < -0.4 is 9.47 Å². The van der Waals surface area contributed by atoms with Crippen LogP contribution in [0.3, 0.4) is 0 Å². The van der Waals surface area contributed by atoms with Gasteiger partial charge in [-0.25, -0.2) is 5.01 Å². The van der Waals surface area contributed by atoms with Crippen molar-refractivity contribution in [2.75, 3.05) is 6.61 Å². The molecule has 2 aromatic carbocycles. The highest BCUT2D eigenvalue weighted by atomic mass is 79.9. The fourth-order valence-electron chi connectivity index (χ4n) is 3.75. The van der Waals surface area contributed by atoms with Gasteiger partial charge in [-0.05, 0) is 59.5 Å². The van der Waals surface area contributed by atoms with Gasteiger partial charge >= 0.3 is 0 Å². The molecule has 0 saturated carbocycles. The van der Waals surface area contributed by atoms with Gasteiger partial charge in [-0.1, -0.05) is 34.7 Å². The first kappa shape index (κ1) is 18.5. The number of halogens is 1. The monoisotopic (exact) mass is 466 g/mol. The normalized spacial score (nSPS) is 19.8. The second kappa shape index (κ2) is 7.69. The van der Waals surface area contributed by atoms with Crippen molar-refractivity contribution in [3.8, 4) is 11.5 Å². The molecule has 0 saturated heterocycles. The molecule has 6 heteroatoms. The maximum absolute atomic E-state index is 6.37. The van der Waals surface area contributed by atoms with E-state index < -0.39 is 0 Å². The first-order valence-corrected chi connectivity index (χ1v) is 11.1. The summed E-state index contributed by atoms with van der Waals surface area (Å²) in [6.07, 6.45) is 2.37. The lowest BCUT2D eigenvalue weighted by Crippen LogP contribution is -2.33. The lowest BCUT2D eigenvalue weighted by Gasteiger charge is -2.37. The van der Waals surface area contributed by atoms with Crippen LogP contribution in [0.4, 0.5) is 0 Å². The summed E-state index contributed by atoms with van der Waals surface area (Å²) >= 11 is 5.29. The summed E-state index contributed by atoms with van der Waals surface area (Å²) < 4.78 is 13.0. The van der Waals surface area contributed by atoms with Gasteiger partial charge in [-0.3, -0.25) is 0 Å². The molecule has 2 aliphatic heterocycles. The Hall–Kier alpha value is -2.57. The summed E-state index contributed by atoms with van der Waals surface area (Å²) in [6.45, 7) is 4.19. The highest BCUT2D eigenvalue weighted by Gasteiger charge is 2.41. The van der Waals surface area contributed by atoms with Gasteiger partial charge < -0.3 is 9.47 Å². The Kier molecular flexibility index (Phi) is 4.89. The van der Waals surface area contributed by atoms with Crippen LogP contribution in [0.25, 0.3) is 0 Å². The zero-order valence-electron chi connectivity index (χ0n) is 15.6. The maximum atomic E-state index is 6.37. The van der Waals surface area contributed by atoms with Gasteiger partial charge in [0, 0.05) is 16.5 Å². The summed E-state index contributed by atoms with van der Waals surface area (Å²) in [5.74, 6) is 1.76. The van der Waals surface area contributed by atoms with Crippen LogP contribution in [-0.2, 0) is 0 Å². The maximum Gasteiger partial charge on any atom is 0.222 e. The fraction of sp³-hybridized carbons (Fsp3) is 0.174. The van der Waals surface area contributed by atoms with Gasteiger partial charge in [-0.15, -0.1) is 11.3 Å². The molecule has 0 radical (unpaired) electrons. The van der Waals surface area contributed by atoms with E-state index >= 15 is 0 Å². The van der Waals surface area contributed by atoms with E-state index in [1.807, 2.05) is 24.3 Å². The van der Waals surface area contributed by atoms with Crippen LogP contribution in [0.2, 0.25) is 0 Å². The lowest BCUT2D eigenvalue weighted by molar-refractivity contribution is -0.0166. The Morgan fingerprint density at radius 3 is 2.86 bits per heavy atom. The van der Waals surface area contributed by atoms with E-state index in [-0.39, 0.29) is 12.3 Å². The zero-order chi connectivity index (χ0) is 19.8. The van der Waals surface area contributed by atoms with Crippen molar-refractivity contribution >= 4 is 33.0 Å². The third-order valence-corrected chi connectivity index (χ3v) is 6.49. The van der Waals surface area contributed by atoms with Gasteiger partial charge in [0.05, 0.1) is 16.6 Å². The van der Waals surface area contributed by atoms with Crippen LogP contribution in [-0.4, -0.2) is 17.3 Å². The quantitative estimate of drug-likeness (QED) is 0.412. The third-order valence-electron chi connectivity index (χ3n) is 5.09. The van der Waals surface area contributed by atoms with Crippen molar-refractivity contribution < 1.29 is 9.47 Å². The number of rotatable bonds is 5. The minimum atomic E-state index is -0.207. The number of thiophene rings is 1. The largest absolute Gasteiger partial charge is 0.490 e. The molecule has 0 unspecified atom stereocenters. The van der Waals surface area contributed by atoms with E-state index in [0.29, 0.717) is 6.61 Å². The Bertz CT molecular complexity index is 1060. The number of ether oxygens (including phenoxy) is 2. The zero-order valence-corrected chi connectivity index (χ0v) is 18.0. The van der Waals surface area contributed by atoms with Crippen LogP contribution in [0.15, 0.2) is 82.2 Å². The molecule has 146 valence electrons. The summed E-state index contributed by atoms with van der Waals surface area (Å²) in [5.41, 5.74) is 3.33. The molecule has 0 bridgehead atoms. The van der Waals surface area contributed by atoms with E-state index in [4.69, 9.17) is 14.6 Å². The molecular formula is C23H19BrN2O2S. The predicted octanol–water partition coefficient (Wildman–Crippen LogP) is 6.32. The van der Waals surface area contributed by atoms with Gasteiger partial charge in [0.1, 0.15) is 18.1 Å². The average Bonchev–Trinajstić information content (AvgIpc) is 3.42. The molecule has 0 amide bonds. The van der Waals surface area contributed by atoms with Crippen molar-refractivity contribution in [3.05, 3.63) is 93.1 Å². The Morgan fingerprint density at radius 2 is 2.10 bits per heavy atom. The molecule has 2 atom stereocenters. The van der Waals surface area contributed by atoms with E-state index in [2.05, 4.69) is 63.2 Å². The molecule has 0 fully saturated rings. The molecule has 4 nitrogen and oxygen atoms in total. The number of hydrogen-bond acceptors (Lipinski definition) is 5. The van der Waals surface area contributed by atoms with E-state index in [1.54, 1.807) is 17.4 Å². The van der Waals surface area contributed by atoms with Gasteiger partial charge in [0.15, 0.2) is 0 Å². The molecule has 29 heavy (non-hydrogen) atoms. The van der Waals surface area contributed by atoms with E-state index in [0.717, 1.165) is 44.1 Å². The van der Waals surface area contributed by atoms with Gasteiger partial charge in [0.2, 0.25) is 6.23 Å². The van der Waals surface area contributed by atoms with Crippen molar-refractivity contribution in [1.29, 1.82) is 0 Å². The van der Waals surface area contributed by atoms with Crippen LogP contribution in [0.5, 0.6) is 11.5 Å². The number of benzene rings is 2. The van der Waals surface area contributed by atoms with Crippen molar-refractivity contribution in [2.45, 2.75) is 18.7 Å². The minimum Gasteiger partial charge on any atom is -0.490 e. The molecular weight excluding hydrogens is 448 g/mol. The van der Waals surface area contributed by atoms with Gasteiger partial charge in [0.25, 0.3) is 0 Å². The molecule has 0 aliphatic carbocycles. The number of fused-ring (bicyclic) bond motifs is 3. The minimum absolute atomic E-state index is 0.148. The highest BCUT2D eigenvalue weighted by Crippen LogP contribution is 2.48. The average molecular weight is 467 g/mol. The predicted molar refractivity (Wildman–Crippen MR) is 120 cm³/mol. The van der Waals surface area contributed by atoms with Crippen molar-refractivity contribution in [2.24, 2.45) is 5.10 Å². The molecule has 1 aromatic heterocycles. The summed E-state index contributed by atoms with van der Waals surface area (Å²) in [5, 5.41) is 9.18. The summed E-state index contributed by atoms with van der Waals surface area (Å²) in [6, 6.07) is 18.6. The first-order chi connectivity index (χ1) is 14.2. The fourth-order valence-corrected chi connectivity index (χ4v) is 4.87. The SMILES string of the molecule is C=CCOc1ccc(C2=NN3[C@@H](c4cccs4)Oc4ccc(Br)cc4[C@@H]3C2)cc1. The highest BCUT2D eigenvalue weighted by molar-refractivity contribution is 9.10. The number of hydrazone groups is 1. The molecule has 0 spiro atoms. The van der Waals surface area contributed by atoms with E-state index in [1.165, 1.54) is 0 Å². The number of hydrogen-bond donors (Lipinski definition) is 0. The van der Waals surface area contributed by atoms with Gasteiger partial charge in [-0.2, -0.15) is 5.10 Å². The molecule has 0 N–H and O–H groups in total. The van der Waals surface area contributed by atoms with Crippen LogP contribution in [0.1, 0.15) is 34.7 Å². The second-order valence-electron chi connectivity index (χ2n) is 6.94. The van der Waals surface area contributed by atoms with E-state index in [9.17, 15) is 0 Å². The second-order valence-corrected chi connectivity index (χ2v) is 8.83. The standard InChI is InChI=1S/C23H19BrN2O2S/c1-2-11-27-17-8-5-15(6-9-17)19-14-20-18-13-16(24)7-10-21(18)28-23(26(20)25-19)22-4-3-12-29-22/h2-10,12-13,20,23H,1,11,14H2/t20-,23+/m0/s1. The van der Waals surface area contributed by atoms with Crippen LogP contribution >= 0.6 is 27.3 Å². The Morgan fingerprint density at radius 1 is 1.24 bits per heavy atom. The summed E-state index contributed by atoms with van der Waals surface area (Å²) in [7, 11) is 0. The smallest absolute Gasteiger partial charge is 0.222 e. The Labute approximate surface area is 182 Å². The first-order valence-electron chi connectivity index (χ1n) is 9.42. The third kappa shape index (κ3) is 3.47. The summed E-state index contributed by atoms with van der Waals surface area (Å²) in [4.78, 5) is 1.15. The van der Waals surface area contributed by atoms with Crippen molar-refractivity contribution in [3.63, 3.8) is 0 Å². The Balaban J connectivity index is 1.50. The lowest BCUT2D eigenvalue weighted by atomic mass is 9.96. The van der Waals surface area contributed by atoms with Crippen LogP contribution in [0, 0.1) is 0 Å². The molecule has 5 rings (SSSR count). The topological polar surface area (TPSA) is 34.1 Å². The molecule has 2 aliphatic rings. The number of nitrogens with zero attached hydrogens (tertiary/aromatic N) is 2.